The van der Waals surface area contributed by atoms with E-state index in [-0.39, 0.29) is 29.6 Å². The minimum absolute atomic E-state index is 0.0471. The number of cyclic esters (lactones) is 1. The number of amides is 1. The molecular formula is C26H32N4O7S. The van der Waals surface area contributed by atoms with E-state index in [9.17, 15) is 18.0 Å². The van der Waals surface area contributed by atoms with Crippen LogP contribution in [0.25, 0.3) is 11.0 Å². The van der Waals surface area contributed by atoms with Gasteiger partial charge in [-0.2, -0.15) is 0 Å². The molecule has 1 amide bonds. The Kier molecular flexibility index (Phi) is 8.05. The van der Waals surface area contributed by atoms with Crippen LogP contribution in [0.15, 0.2) is 41.6 Å². The van der Waals surface area contributed by atoms with Gasteiger partial charge in [0, 0.05) is 25.3 Å². The summed E-state index contributed by atoms with van der Waals surface area (Å²) in [6.07, 6.45) is 0.0721. The van der Waals surface area contributed by atoms with Crippen molar-refractivity contribution in [2.75, 3.05) is 11.9 Å². The first-order valence-electron chi connectivity index (χ1n) is 12.3. The van der Waals surface area contributed by atoms with Gasteiger partial charge in [-0.3, -0.25) is 9.59 Å². The van der Waals surface area contributed by atoms with Crippen molar-refractivity contribution < 1.29 is 32.2 Å². The molecule has 1 fully saturated rings. The van der Waals surface area contributed by atoms with Gasteiger partial charge in [-0.05, 0) is 63.1 Å². The van der Waals surface area contributed by atoms with Crippen LogP contribution in [-0.2, 0) is 35.6 Å². The van der Waals surface area contributed by atoms with E-state index >= 15 is 0 Å². The predicted molar refractivity (Wildman–Crippen MR) is 140 cm³/mol. The molecule has 0 radical (unpaired) electrons. The van der Waals surface area contributed by atoms with Crippen LogP contribution in [-0.4, -0.2) is 54.9 Å². The monoisotopic (exact) mass is 544 g/mol. The Morgan fingerprint density at radius 2 is 1.97 bits per heavy atom. The summed E-state index contributed by atoms with van der Waals surface area (Å²) in [6.45, 7) is 9.59. The molecule has 12 heteroatoms. The highest BCUT2D eigenvalue weighted by Gasteiger charge is 2.39. The molecule has 0 bridgehead atoms. The van der Waals surface area contributed by atoms with Crippen molar-refractivity contribution in [2.45, 2.75) is 70.9 Å². The number of carbonyl (C=O) groups is 2. The van der Waals surface area contributed by atoms with Crippen LogP contribution >= 0.6 is 0 Å². The number of nitrogens with zero attached hydrogens (tertiary/aromatic N) is 2. The van der Waals surface area contributed by atoms with Crippen molar-refractivity contribution in [3.63, 3.8) is 0 Å². The number of carbonyl (C=O) groups excluding carboxylic acids is 2. The van der Waals surface area contributed by atoms with Gasteiger partial charge in [0.15, 0.2) is 0 Å². The number of aryl methyl sites for hydroxylation is 2. The SMILES string of the molecule is CCOC1OC(=O)CC1NS(=O)(=O)c1ccc(NC(C)=O)cc1O[C@H](C)Cn1cnc2cc(C)c(C)cc21. The third kappa shape index (κ3) is 6.14. The molecule has 2 aromatic carbocycles. The Labute approximate surface area is 221 Å². The minimum atomic E-state index is -4.17. The van der Waals surface area contributed by atoms with Crippen molar-refractivity contribution in [3.05, 3.63) is 47.8 Å². The summed E-state index contributed by atoms with van der Waals surface area (Å²) in [7, 11) is -4.17. The van der Waals surface area contributed by atoms with Gasteiger partial charge in [-0.25, -0.2) is 18.1 Å². The Bertz CT molecular complexity index is 1470. The first-order valence-corrected chi connectivity index (χ1v) is 13.8. The van der Waals surface area contributed by atoms with Gasteiger partial charge in [0.05, 0.1) is 36.4 Å². The average Bonchev–Trinajstić information content (AvgIpc) is 3.35. The molecular weight excluding hydrogens is 512 g/mol. The molecule has 2 unspecified atom stereocenters. The largest absolute Gasteiger partial charge is 0.487 e. The number of hydrogen-bond acceptors (Lipinski definition) is 8. The third-order valence-corrected chi connectivity index (χ3v) is 7.70. The Balaban J connectivity index is 1.61. The number of ether oxygens (including phenoxy) is 3. The number of esters is 1. The lowest BCUT2D eigenvalue weighted by atomic mass is 10.1. The Morgan fingerprint density at radius 1 is 1.24 bits per heavy atom. The van der Waals surface area contributed by atoms with Crippen LogP contribution in [0.2, 0.25) is 0 Å². The number of benzene rings is 2. The van der Waals surface area contributed by atoms with Crippen molar-refractivity contribution in [3.8, 4) is 5.75 Å². The molecule has 2 heterocycles. The zero-order chi connectivity index (χ0) is 27.6. The summed E-state index contributed by atoms with van der Waals surface area (Å²) in [5.74, 6) is -0.819. The van der Waals surface area contributed by atoms with E-state index in [1.807, 2.05) is 31.4 Å². The first kappa shape index (κ1) is 27.6. The number of anilines is 1. The highest BCUT2D eigenvalue weighted by molar-refractivity contribution is 7.89. The zero-order valence-corrected chi connectivity index (χ0v) is 22.8. The third-order valence-electron chi connectivity index (χ3n) is 6.17. The molecule has 4 rings (SSSR count). The van der Waals surface area contributed by atoms with Crippen molar-refractivity contribution in [1.29, 1.82) is 0 Å². The molecule has 2 N–H and O–H groups in total. The Morgan fingerprint density at radius 3 is 2.68 bits per heavy atom. The maximum absolute atomic E-state index is 13.4. The van der Waals surface area contributed by atoms with Crippen LogP contribution in [0.3, 0.4) is 0 Å². The first-order chi connectivity index (χ1) is 18.0. The summed E-state index contributed by atoms with van der Waals surface area (Å²) < 4.78 is 47.9. The van der Waals surface area contributed by atoms with Crippen molar-refractivity contribution >= 4 is 38.6 Å². The Hall–Kier alpha value is -3.48. The second kappa shape index (κ2) is 11.1. The second-order valence-electron chi connectivity index (χ2n) is 9.34. The fourth-order valence-corrected chi connectivity index (χ4v) is 5.64. The fourth-order valence-electron chi connectivity index (χ4n) is 4.30. The quantitative estimate of drug-likeness (QED) is 0.372. The number of hydrogen-bond donors (Lipinski definition) is 2. The summed E-state index contributed by atoms with van der Waals surface area (Å²) in [5, 5.41) is 2.65. The highest BCUT2D eigenvalue weighted by Crippen LogP contribution is 2.30. The zero-order valence-electron chi connectivity index (χ0n) is 22.0. The lowest BCUT2D eigenvalue weighted by Gasteiger charge is -2.22. The van der Waals surface area contributed by atoms with E-state index in [0.717, 1.165) is 22.2 Å². The molecule has 3 atom stereocenters. The number of sulfonamides is 1. The molecule has 11 nitrogen and oxygen atoms in total. The number of imidazole rings is 1. The fraction of sp³-hybridized carbons (Fsp3) is 0.423. The normalized spacial score (nSPS) is 18.4. The molecule has 1 saturated heterocycles. The van der Waals surface area contributed by atoms with Crippen LogP contribution in [0.5, 0.6) is 5.75 Å². The van der Waals surface area contributed by atoms with E-state index in [2.05, 4.69) is 21.1 Å². The van der Waals surface area contributed by atoms with Crippen molar-refractivity contribution in [1.82, 2.24) is 14.3 Å². The lowest BCUT2D eigenvalue weighted by molar-refractivity contribution is -0.163. The van der Waals surface area contributed by atoms with Gasteiger partial charge in [0.2, 0.25) is 22.2 Å². The topological polar surface area (TPSA) is 138 Å². The molecule has 0 spiro atoms. The van der Waals surface area contributed by atoms with Crippen molar-refractivity contribution in [2.24, 2.45) is 0 Å². The number of nitrogens with one attached hydrogen (secondary N) is 2. The van der Waals surface area contributed by atoms with E-state index in [0.29, 0.717) is 12.2 Å². The molecule has 204 valence electrons. The van der Waals surface area contributed by atoms with E-state index < -0.39 is 34.4 Å². The highest BCUT2D eigenvalue weighted by atomic mass is 32.2. The van der Waals surface area contributed by atoms with Crippen LogP contribution < -0.4 is 14.8 Å². The van der Waals surface area contributed by atoms with E-state index in [1.165, 1.54) is 25.1 Å². The minimum Gasteiger partial charge on any atom is -0.487 e. The maximum Gasteiger partial charge on any atom is 0.310 e. The second-order valence-corrected chi connectivity index (χ2v) is 11.0. The van der Waals surface area contributed by atoms with Crippen LogP contribution in [0.4, 0.5) is 5.69 Å². The predicted octanol–water partition coefficient (Wildman–Crippen LogP) is 3.04. The van der Waals surface area contributed by atoms with E-state index in [4.69, 9.17) is 14.2 Å². The summed E-state index contributed by atoms with van der Waals surface area (Å²) in [6, 6.07) is 7.47. The molecule has 0 saturated carbocycles. The summed E-state index contributed by atoms with van der Waals surface area (Å²) in [4.78, 5) is 27.7. The van der Waals surface area contributed by atoms with Gasteiger partial charge in [-0.15, -0.1) is 0 Å². The molecule has 1 aliphatic rings. The van der Waals surface area contributed by atoms with Crippen LogP contribution in [0.1, 0.15) is 38.3 Å². The number of rotatable bonds is 10. The maximum atomic E-state index is 13.4. The number of fused-ring (bicyclic) bond motifs is 1. The van der Waals surface area contributed by atoms with Gasteiger partial charge in [0.1, 0.15) is 16.7 Å². The van der Waals surface area contributed by atoms with Crippen LogP contribution in [0, 0.1) is 13.8 Å². The summed E-state index contributed by atoms with van der Waals surface area (Å²) in [5.41, 5.74) is 4.46. The molecule has 38 heavy (non-hydrogen) atoms. The molecule has 3 aromatic rings. The lowest BCUT2D eigenvalue weighted by Crippen LogP contribution is -2.41. The van der Waals surface area contributed by atoms with Gasteiger partial charge in [-0.1, -0.05) is 0 Å². The molecule has 1 aromatic heterocycles. The average molecular weight is 545 g/mol. The number of aromatic nitrogens is 2. The molecule has 1 aliphatic heterocycles. The van der Waals surface area contributed by atoms with E-state index in [1.54, 1.807) is 13.3 Å². The summed E-state index contributed by atoms with van der Waals surface area (Å²) >= 11 is 0. The van der Waals surface area contributed by atoms with Gasteiger partial charge in [0.25, 0.3) is 0 Å². The van der Waals surface area contributed by atoms with Gasteiger partial charge >= 0.3 is 5.97 Å². The van der Waals surface area contributed by atoms with Gasteiger partial charge < -0.3 is 24.1 Å². The molecule has 0 aliphatic carbocycles. The smallest absolute Gasteiger partial charge is 0.310 e. The standard InChI is InChI=1S/C26H32N4O7S/c1-6-35-26-21(12-25(32)37-26)29-38(33,34)24-8-7-19(28-18(5)31)11-23(24)36-17(4)13-30-14-27-20-9-15(2)16(3)10-22(20)30/h7-11,14,17,21,26,29H,6,12-13H2,1-5H3,(H,28,31)/t17-,21?,26?/m1/s1.